The molecule has 16 heteroatoms. The van der Waals surface area contributed by atoms with Gasteiger partial charge < -0.3 is 41.4 Å². The minimum atomic E-state index is -0.964. The van der Waals surface area contributed by atoms with Gasteiger partial charge in [0.2, 0.25) is 5.91 Å². The molecule has 62 heavy (non-hydrogen) atoms. The molecule has 8 atom stereocenters. The van der Waals surface area contributed by atoms with E-state index in [1.54, 1.807) is 36.6 Å². The molecule has 0 aliphatic carbocycles. The van der Waals surface area contributed by atoms with Gasteiger partial charge in [0.15, 0.2) is 0 Å². The smallest absolute Gasteiger partial charge is 0.412 e. The number of unbranched alkanes of at least 4 members (excludes halogenated alkanes) is 1. The number of carbonyl (C=O) groups excluding carboxylic acids is 3. The van der Waals surface area contributed by atoms with Crippen LogP contribution >= 0.6 is 11.3 Å². The Bertz CT molecular complexity index is 1640. The van der Waals surface area contributed by atoms with Crippen LogP contribution in [0.1, 0.15) is 140 Å². The van der Waals surface area contributed by atoms with Crippen molar-refractivity contribution < 1.29 is 38.9 Å². The van der Waals surface area contributed by atoms with Gasteiger partial charge in [-0.2, -0.15) is 0 Å². The molecule has 15 nitrogen and oxygen atoms in total. The van der Waals surface area contributed by atoms with Crippen LogP contribution in [-0.2, 0) is 20.7 Å². The first kappa shape index (κ1) is 52.7. The van der Waals surface area contributed by atoms with Crippen LogP contribution in [0.15, 0.2) is 29.6 Å². The number of likely N-dealkylation sites (N-methyl/N-ethyl adjacent to an activating group) is 1. The van der Waals surface area contributed by atoms with E-state index >= 15 is 0 Å². The van der Waals surface area contributed by atoms with Crippen LogP contribution in [0.5, 0.6) is 5.75 Å². The summed E-state index contributed by atoms with van der Waals surface area (Å²) in [4.78, 5) is 60.7. The molecule has 1 aromatic carbocycles. The summed E-state index contributed by atoms with van der Waals surface area (Å²) in [6, 6.07) is 5.53. The van der Waals surface area contributed by atoms with Gasteiger partial charge in [-0.15, -0.1) is 11.3 Å². The van der Waals surface area contributed by atoms with Crippen LogP contribution in [0, 0.1) is 17.8 Å². The zero-order valence-corrected chi connectivity index (χ0v) is 39.4. The number of carbonyl (C=O) groups is 4. The third kappa shape index (κ3) is 16.8. The van der Waals surface area contributed by atoms with Gasteiger partial charge in [0.05, 0.1) is 18.0 Å². The molecule has 3 rings (SSSR count). The molecule has 2 heterocycles. The highest BCUT2D eigenvalue weighted by Gasteiger charge is 2.39. The van der Waals surface area contributed by atoms with E-state index in [0.29, 0.717) is 49.8 Å². The second-order valence-electron chi connectivity index (χ2n) is 17.3. The molecular formula is C46H77N7O8S. The number of aliphatic carboxylic acids is 1. The van der Waals surface area contributed by atoms with Crippen molar-refractivity contribution in [1.29, 1.82) is 0 Å². The number of ether oxygens (including phenoxy) is 2. The average molecular weight is 888 g/mol. The summed E-state index contributed by atoms with van der Waals surface area (Å²) in [7, 11) is 1.99. The normalized spacial score (nSPS) is 18.0. The molecule has 0 radical (unpaired) electrons. The molecule has 350 valence electrons. The number of nitrogens with two attached hydrogens (primary N) is 1. The minimum absolute atomic E-state index is 0.0211. The number of likely N-dealkylation sites (tertiary alicyclic amines) is 1. The maximum absolute atomic E-state index is 13.8. The van der Waals surface area contributed by atoms with Gasteiger partial charge in [0.25, 0.3) is 5.91 Å². The fraction of sp³-hybridized carbons (Fsp3) is 0.717. The van der Waals surface area contributed by atoms with E-state index < -0.39 is 48.3 Å². The molecule has 1 aromatic heterocycles. The second kappa shape index (κ2) is 27.5. The van der Waals surface area contributed by atoms with Crippen molar-refractivity contribution in [3.8, 4) is 5.75 Å². The first-order chi connectivity index (χ1) is 29.6. The Morgan fingerprint density at radius 3 is 2.35 bits per heavy atom. The zero-order valence-electron chi connectivity index (χ0n) is 38.6. The molecule has 1 aliphatic heterocycles. The molecule has 0 bridgehead atoms. The summed E-state index contributed by atoms with van der Waals surface area (Å²) in [5.41, 5.74) is 6.55. The number of nitrogens with one attached hydrogen (secondary N) is 3. The number of amides is 3. The van der Waals surface area contributed by atoms with Gasteiger partial charge in [-0.3, -0.25) is 24.2 Å². The first-order valence-corrected chi connectivity index (χ1v) is 23.8. The summed E-state index contributed by atoms with van der Waals surface area (Å²) in [6.45, 7) is 17.1. The summed E-state index contributed by atoms with van der Waals surface area (Å²) >= 11 is 1.34. The van der Waals surface area contributed by atoms with E-state index in [0.717, 1.165) is 63.5 Å². The third-order valence-corrected chi connectivity index (χ3v) is 12.8. The lowest BCUT2D eigenvalue weighted by Gasteiger charge is -2.44. The summed E-state index contributed by atoms with van der Waals surface area (Å²) in [5, 5.41) is 33.4. The Labute approximate surface area is 374 Å². The van der Waals surface area contributed by atoms with Crippen molar-refractivity contribution in [2.45, 2.75) is 156 Å². The van der Waals surface area contributed by atoms with Crippen molar-refractivity contribution in [2.75, 3.05) is 39.8 Å². The van der Waals surface area contributed by atoms with E-state index in [-0.39, 0.29) is 41.9 Å². The largest absolute Gasteiger partial charge is 0.481 e. The number of piperidine rings is 1. The lowest BCUT2D eigenvalue weighted by molar-refractivity contribution is -0.141. The highest BCUT2D eigenvalue weighted by Crippen LogP contribution is 2.33. The summed E-state index contributed by atoms with van der Waals surface area (Å²) < 4.78 is 11.9. The fourth-order valence-electron chi connectivity index (χ4n) is 8.00. The fourth-order valence-corrected chi connectivity index (χ4v) is 8.86. The van der Waals surface area contributed by atoms with Crippen LogP contribution < -0.4 is 26.4 Å². The Kier molecular flexibility index (Phi) is 23.4. The van der Waals surface area contributed by atoms with Crippen LogP contribution in [0.3, 0.4) is 0 Å². The molecule has 0 spiro atoms. The van der Waals surface area contributed by atoms with Gasteiger partial charge >= 0.3 is 12.1 Å². The molecule has 3 unspecified atom stereocenters. The van der Waals surface area contributed by atoms with Crippen molar-refractivity contribution >= 4 is 35.2 Å². The van der Waals surface area contributed by atoms with Crippen molar-refractivity contribution in [3.63, 3.8) is 0 Å². The molecule has 7 N–H and O–H groups in total. The van der Waals surface area contributed by atoms with Gasteiger partial charge in [-0.25, -0.2) is 9.78 Å². The van der Waals surface area contributed by atoms with E-state index in [2.05, 4.69) is 60.4 Å². The van der Waals surface area contributed by atoms with E-state index in [4.69, 9.17) is 20.2 Å². The van der Waals surface area contributed by atoms with Crippen molar-refractivity contribution in [3.05, 3.63) is 45.9 Å². The Balaban J connectivity index is 1.81. The predicted molar refractivity (Wildman–Crippen MR) is 244 cm³/mol. The number of hydrogen-bond acceptors (Lipinski definition) is 12. The third-order valence-electron chi connectivity index (χ3n) is 11.9. The average Bonchev–Trinajstić information content (AvgIpc) is 3.74. The minimum Gasteiger partial charge on any atom is -0.481 e. The van der Waals surface area contributed by atoms with Crippen LogP contribution in [0.25, 0.3) is 0 Å². The number of hydrogen-bond donors (Lipinski definition) is 6. The van der Waals surface area contributed by atoms with Crippen LogP contribution in [-0.4, -0.2) is 119 Å². The number of benzene rings is 1. The summed E-state index contributed by atoms with van der Waals surface area (Å²) in [5.74, 6) is -1.66. The van der Waals surface area contributed by atoms with Crippen LogP contribution in [0.2, 0.25) is 0 Å². The number of aromatic nitrogens is 1. The maximum Gasteiger partial charge on any atom is 0.412 e. The molecule has 1 fully saturated rings. The highest BCUT2D eigenvalue weighted by molar-refractivity contribution is 7.09. The number of rotatable bonds is 28. The molecule has 2 aromatic rings. The number of thiazole rings is 1. The van der Waals surface area contributed by atoms with Crippen molar-refractivity contribution in [1.82, 2.24) is 30.7 Å². The molecule has 0 saturated carbocycles. The van der Waals surface area contributed by atoms with E-state index in [1.807, 2.05) is 14.0 Å². The molecule has 3 amide bonds. The first-order valence-electron chi connectivity index (χ1n) is 22.9. The van der Waals surface area contributed by atoms with Gasteiger partial charge in [-0.05, 0) is 107 Å². The Hall–Kier alpha value is -3.67. The quantitative estimate of drug-likeness (QED) is 0.0408. The number of carboxylic acid groups (broad SMARTS) is 1. The SMILES string of the molecule is CCCOC(C[C@H](C(C)C)N(CCC)C(O)[C@@H](NC(=O)[C@H]1CCCCN1C)[C@@H](C)CC)c1nc(C(=O)NC(Cc2ccc(OC(=O)NCCCCN)cc2)C[C@H](C)C(=O)O)cs1. The maximum atomic E-state index is 13.8. The monoisotopic (exact) mass is 888 g/mol. The number of aliphatic hydroxyl groups is 1. The van der Waals surface area contributed by atoms with Gasteiger partial charge in [-0.1, -0.05) is 73.4 Å². The van der Waals surface area contributed by atoms with Gasteiger partial charge in [0, 0.05) is 37.2 Å². The Morgan fingerprint density at radius 1 is 1.02 bits per heavy atom. The van der Waals surface area contributed by atoms with Gasteiger partial charge in [0.1, 0.15) is 28.8 Å². The predicted octanol–water partition coefficient (Wildman–Crippen LogP) is 6.35. The number of nitrogens with zero attached hydrogens (tertiary/aromatic N) is 3. The van der Waals surface area contributed by atoms with Crippen LogP contribution in [0.4, 0.5) is 4.79 Å². The second-order valence-corrected chi connectivity index (χ2v) is 18.2. The van der Waals surface area contributed by atoms with E-state index in [9.17, 15) is 29.4 Å². The lowest BCUT2D eigenvalue weighted by Crippen LogP contribution is -2.61. The summed E-state index contributed by atoms with van der Waals surface area (Å²) in [6.07, 6.45) is 5.85. The number of carboxylic acids is 1. The Morgan fingerprint density at radius 2 is 1.74 bits per heavy atom. The van der Waals surface area contributed by atoms with Crippen molar-refractivity contribution in [2.24, 2.45) is 23.5 Å². The molecule has 1 saturated heterocycles. The number of aliphatic hydroxyl groups excluding tert-OH is 1. The zero-order chi connectivity index (χ0) is 45.8. The molecular weight excluding hydrogens is 811 g/mol. The van der Waals surface area contributed by atoms with E-state index in [1.165, 1.54) is 11.3 Å². The topological polar surface area (TPSA) is 209 Å². The molecule has 1 aliphatic rings. The standard InChI is InChI=1S/C46H77N7O8S/c1-9-23-53(44(56)40(31(6)11-3)51-42(55)37-16-12-15-24-52(37)8)38(30(4)5)28-39(60-25-10-2)43-50-36(29-62-43)41(54)49-34(26-32(7)45(57)58)27-33-17-19-35(20-18-33)61-46(59)48-22-14-13-21-47/h17-20,29-32,34,37-40,44,56H,9-16,21-28,47H2,1-8H3,(H,48,59)(H,49,54)(H,51,55)(H,57,58)/t31-,32-,34?,37+,38+,39?,40-,44?/m0/s1. The lowest BCUT2D eigenvalue weighted by atomic mass is 9.91. The highest BCUT2D eigenvalue weighted by atomic mass is 32.1.